The second kappa shape index (κ2) is 6.02. The predicted molar refractivity (Wildman–Crippen MR) is 85.4 cm³/mol. The van der Waals surface area contributed by atoms with Gasteiger partial charge in [-0.15, -0.1) is 0 Å². The first kappa shape index (κ1) is 14.9. The molecule has 1 amide bonds. The summed E-state index contributed by atoms with van der Waals surface area (Å²) in [6.45, 7) is 4.65. The minimum atomic E-state index is -0.772. The van der Waals surface area contributed by atoms with Gasteiger partial charge in [-0.2, -0.15) is 0 Å². The van der Waals surface area contributed by atoms with Gasteiger partial charge in [-0.3, -0.25) is 14.7 Å². The fourth-order valence-corrected chi connectivity index (χ4v) is 2.97. The molecule has 3 rings (SSSR count). The lowest BCUT2D eigenvalue weighted by molar-refractivity contribution is -0.156. The Labute approximate surface area is 130 Å². The van der Waals surface area contributed by atoms with Gasteiger partial charge in [0, 0.05) is 38.3 Å². The van der Waals surface area contributed by atoms with Gasteiger partial charge in [-0.25, -0.2) is 0 Å². The molecular weight excluding hydrogens is 278 g/mol. The van der Waals surface area contributed by atoms with Crippen molar-refractivity contribution < 1.29 is 9.53 Å². The van der Waals surface area contributed by atoms with Crippen LogP contribution in [0.15, 0.2) is 36.5 Å². The van der Waals surface area contributed by atoms with Crippen LogP contribution < -0.4 is 5.32 Å². The van der Waals surface area contributed by atoms with E-state index in [2.05, 4.69) is 33.4 Å². The van der Waals surface area contributed by atoms with Crippen LogP contribution in [-0.2, 0) is 16.1 Å². The van der Waals surface area contributed by atoms with E-state index in [4.69, 9.17) is 4.74 Å². The van der Waals surface area contributed by atoms with E-state index < -0.39 is 5.60 Å². The first-order valence-corrected chi connectivity index (χ1v) is 7.53. The van der Waals surface area contributed by atoms with Crippen LogP contribution in [0.25, 0.3) is 10.9 Å². The van der Waals surface area contributed by atoms with E-state index in [1.54, 1.807) is 13.2 Å². The maximum absolute atomic E-state index is 12.0. The van der Waals surface area contributed by atoms with Gasteiger partial charge in [-0.05, 0) is 30.7 Å². The molecule has 5 heteroatoms. The highest BCUT2D eigenvalue weighted by molar-refractivity contribution is 5.85. The molecule has 0 unspecified atom stereocenters. The fourth-order valence-electron chi connectivity index (χ4n) is 2.97. The van der Waals surface area contributed by atoms with Crippen LogP contribution >= 0.6 is 0 Å². The second-order valence-corrected chi connectivity index (χ2v) is 5.90. The van der Waals surface area contributed by atoms with Crippen LogP contribution in [0.5, 0.6) is 0 Å². The van der Waals surface area contributed by atoms with Crippen LogP contribution in [0.1, 0.15) is 12.5 Å². The molecule has 1 N–H and O–H groups in total. The Balaban J connectivity index is 1.75. The third kappa shape index (κ3) is 2.96. The van der Waals surface area contributed by atoms with E-state index in [9.17, 15) is 4.79 Å². The zero-order chi connectivity index (χ0) is 15.6. The molecule has 0 bridgehead atoms. The molecule has 0 spiro atoms. The Bertz CT molecular complexity index is 688. The maximum atomic E-state index is 12.0. The summed E-state index contributed by atoms with van der Waals surface area (Å²) in [6, 6.07) is 10.3. The second-order valence-electron chi connectivity index (χ2n) is 5.90. The van der Waals surface area contributed by atoms with Gasteiger partial charge in [0.2, 0.25) is 0 Å². The predicted octanol–water partition coefficient (Wildman–Crippen LogP) is 1.57. The number of pyridine rings is 1. The number of carbonyl (C=O) groups is 1. The van der Waals surface area contributed by atoms with Gasteiger partial charge in [0.05, 0.1) is 12.1 Å². The number of benzene rings is 1. The monoisotopic (exact) mass is 299 g/mol. The molecule has 0 aliphatic carbocycles. The fraction of sp³-hybridized carbons (Fsp3) is 0.412. The Morgan fingerprint density at radius 3 is 3.14 bits per heavy atom. The molecule has 5 nitrogen and oxygen atoms in total. The number of aromatic nitrogens is 1. The van der Waals surface area contributed by atoms with E-state index in [1.807, 2.05) is 19.1 Å². The average molecular weight is 299 g/mol. The molecule has 0 radical (unpaired) electrons. The third-order valence-corrected chi connectivity index (χ3v) is 4.13. The topological polar surface area (TPSA) is 54.5 Å². The van der Waals surface area contributed by atoms with Crippen LogP contribution in [0.4, 0.5) is 0 Å². The minimum absolute atomic E-state index is 0.0695. The molecule has 2 heterocycles. The number of amides is 1. The molecule has 1 aliphatic rings. The van der Waals surface area contributed by atoms with E-state index in [1.165, 1.54) is 5.56 Å². The minimum Gasteiger partial charge on any atom is -0.363 e. The zero-order valence-corrected chi connectivity index (χ0v) is 13.0. The highest BCUT2D eigenvalue weighted by Crippen LogP contribution is 2.21. The van der Waals surface area contributed by atoms with Gasteiger partial charge < -0.3 is 10.1 Å². The quantitative estimate of drug-likeness (QED) is 0.935. The molecular formula is C17H21N3O2. The van der Waals surface area contributed by atoms with Crippen molar-refractivity contribution in [1.82, 2.24) is 15.2 Å². The molecule has 1 atom stereocenters. The largest absolute Gasteiger partial charge is 0.363 e. The number of fused-ring (bicyclic) bond motifs is 1. The van der Waals surface area contributed by atoms with Crippen molar-refractivity contribution in [2.45, 2.75) is 19.1 Å². The summed E-state index contributed by atoms with van der Waals surface area (Å²) in [4.78, 5) is 18.6. The number of ether oxygens (including phenoxy) is 1. The molecule has 2 aromatic rings. The standard InChI is InChI=1S/C17H21N3O2/c1-17(16(21)18-2)12-20(8-9-22-17)11-13-5-6-15-14(10-13)4-3-7-19-15/h3-7,10H,8-9,11-12H2,1-2H3,(H,18,21)/t17-/m0/s1. The summed E-state index contributed by atoms with van der Waals surface area (Å²) in [6.07, 6.45) is 1.80. The molecule has 1 fully saturated rings. The third-order valence-electron chi connectivity index (χ3n) is 4.13. The molecule has 1 aliphatic heterocycles. The summed E-state index contributed by atoms with van der Waals surface area (Å²) in [5.74, 6) is -0.0695. The van der Waals surface area contributed by atoms with E-state index in [-0.39, 0.29) is 5.91 Å². The Morgan fingerprint density at radius 2 is 2.32 bits per heavy atom. The van der Waals surface area contributed by atoms with Gasteiger partial charge in [-0.1, -0.05) is 12.1 Å². The first-order valence-electron chi connectivity index (χ1n) is 7.53. The molecule has 116 valence electrons. The number of morpholine rings is 1. The summed E-state index contributed by atoms with van der Waals surface area (Å²) >= 11 is 0. The van der Waals surface area contributed by atoms with Gasteiger partial charge in [0.15, 0.2) is 5.60 Å². The van der Waals surface area contributed by atoms with E-state index >= 15 is 0 Å². The van der Waals surface area contributed by atoms with Crippen molar-refractivity contribution in [3.8, 4) is 0 Å². The van der Waals surface area contributed by atoms with Crippen molar-refractivity contribution in [2.75, 3.05) is 26.7 Å². The maximum Gasteiger partial charge on any atom is 0.253 e. The number of hydrogen-bond donors (Lipinski definition) is 1. The van der Waals surface area contributed by atoms with Gasteiger partial charge in [0.25, 0.3) is 5.91 Å². The number of nitrogens with one attached hydrogen (secondary N) is 1. The number of nitrogens with zero attached hydrogens (tertiary/aromatic N) is 2. The number of hydrogen-bond acceptors (Lipinski definition) is 4. The first-order chi connectivity index (χ1) is 10.6. The van der Waals surface area contributed by atoms with Crippen molar-refractivity contribution in [3.05, 3.63) is 42.1 Å². The zero-order valence-electron chi connectivity index (χ0n) is 13.0. The number of rotatable bonds is 3. The molecule has 1 aromatic heterocycles. The van der Waals surface area contributed by atoms with Crippen molar-refractivity contribution in [2.24, 2.45) is 0 Å². The van der Waals surface area contributed by atoms with Crippen molar-refractivity contribution in [3.63, 3.8) is 0 Å². The Hall–Kier alpha value is -1.98. The lowest BCUT2D eigenvalue weighted by Gasteiger charge is -2.39. The van der Waals surface area contributed by atoms with E-state index in [0.29, 0.717) is 13.2 Å². The van der Waals surface area contributed by atoms with E-state index in [0.717, 1.165) is 24.0 Å². The lowest BCUT2D eigenvalue weighted by Crippen LogP contribution is -2.57. The normalized spacial score (nSPS) is 22.6. The summed E-state index contributed by atoms with van der Waals surface area (Å²) < 4.78 is 5.69. The van der Waals surface area contributed by atoms with Crippen LogP contribution in [0, 0.1) is 0 Å². The highest BCUT2D eigenvalue weighted by atomic mass is 16.5. The number of carbonyl (C=O) groups excluding carboxylic acids is 1. The Kier molecular flexibility index (Phi) is 4.09. The molecule has 22 heavy (non-hydrogen) atoms. The van der Waals surface area contributed by atoms with Crippen LogP contribution in [0.2, 0.25) is 0 Å². The summed E-state index contributed by atoms with van der Waals surface area (Å²) in [7, 11) is 1.65. The molecule has 0 saturated carbocycles. The molecule has 1 saturated heterocycles. The average Bonchev–Trinajstić information content (AvgIpc) is 2.54. The SMILES string of the molecule is CNC(=O)[C@]1(C)CN(Cc2ccc3ncccc3c2)CCO1. The Morgan fingerprint density at radius 1 is 1.45 bits per heavy atom. The number of likely N-dealkylation sites (N-methyl/N-ethyl adjacent to an activating group) is 1. The van der Waals surface area contributed by atoms with Crippen molar-refractivity contribution >= 4 is 16.8 Å². The van der Waals surface area contributed by atoms with Crippen LogP contribution in [-0.4, -0.2) is 48.1 Å². The van der Waals surface area contributed by atoms with Gasteiger partial charge in [0.1, 0.15) is 0 Å². The summed E-state index contributed by atoms with van der Waals surface area (Å²) in [5.41, 5.74) is 1.45. The highest BCUT2D eigenvalue weighted by Gasteiger charge is 2.38. The lowest BCUT2D eigenvalue weighted by atomic mass is 10.0. The smallest absolute Gasteiger partial charge is 0.253 e. The van der Waals surface area contributed by atoms with Crippen LogP contribution in [0.3, 0.4) is 0 Å². The van der Waals surface area contributed by atoms with Crippen molar-refractivity contribution in [1.29, 1.82) is 0 Å². The summed E-state index contributed by atoms with van der Waals surface area (Å²) in [5, 5.41) is 3.83. The van der Waals surface area contributed by atoms with Gasteiger partial charge >= 0.3 is 0 Å². The molecule has 1 aromatic carbocycles.